The van der Waals surface area contributed by atoms with Crippen LogP contribution in [-0.2, 0) is 11.2 Å². The molecular weight excluding hydrogens is 312 g/mol. The SMILES string of the molecule is Cc1ccc(-c2cnc(CCC(=O)N(CCC(C)C)C3CC3)o2)cc1. The van der Waals surface area contributed by atoms with E-state index in [1.165, 1.54) is 5.56 Å². The number of hydrogen-bond donors (Lipinski definition) is 0. The van der Waals surface area contributed by atoms with Crippen molar-refractivity contribution in [3.8, 4) is 11.3 Å². The van der Waals surface area contributed by atoms with E-state index < -0.39 is 0 Å². The summed E-state index contributed by atoms with van der Waals surface area (Å²) in [5.41, 5.74) is 2.24. The van der Waals surface area contributed by atoms with Crippen molar-refractivity contribution in [2.24, 2.45) is 5.92 Å². The first-order chi connectivity index (χ1) is 12.0. The standard InChI is InChI=1S/C21H28N2O2/c1-15(2)12-13-23(18-8-9-18)21(24)11-10-20-22-14-19(25-20)17-6-4-16(3)5-7-17/h4-7,14-15,18H,8-13H2,1-3H3. The highest BCUT2D eigenvalue weighted by molar-refractivity contribution is 5.77. The molecule has 0 saturated heterocycles. The minimum absolute atomic E-state index is 0.234. The van der Waals surface area contributed by atoms with Gasteiger partial charge in [0.05, 0.1) is 6.20 Å². The van der Waals surface area contributed by atoms with Crippen molar-refractivity contribution in [1.29, 1.82) is 0 Å². The third-order valence-electron chi connectivity index (χ3n) is 4.70. The molecule has 0 N–H and O–H groups in total. The van der Waals surface area contributed by atoms with E-state index >= 15 is 0 Å². The maximum atomic E-state index is 12.6. The van der Waals surface area contributed by atoms with E-state index in [1.807, 2.05) is 12.1 Å². The molecule has 1 fully saturated rings. The average molecular weight is 340 g/mol. The number of nitrogens with zero attached hydrogens (tertiary/aromatic N) is 2. The van der Waals surface area contributed by atoms with Crippen molar-refractivity contribution in [1.82, 2.24) is 9.88 Å². The fourth-order valence-electron chi connectivity index (χ4n) is 2.93. The number of aromatic nitrogens is 1. The average Bonchev–Trinajstić information content (AvgIpc) is 3.31. The monoisotopic (exact) mass is 340 g/mol. The molecular formula is C21H28N2O2. The summed E-state index contributed by atoms with van der Waals surface area (Å²) in [6.07, 6.45) is 6.17. The zero-order valence-corrected chi connectivity index (χ0v) is 15.5. The Morgan fingerprint density at radius 3 is 2.64 bits per heavy atom. The van der Waals surface area contributed by atoms with Crippen LogP contribution in [0.15, 0.2) is 34.9 Å². The molecule has 1 aliphatic rings. The topological polar surface area (TPSA) is 46.3 Å². The summed E-state index contributed by atoms with van der Waals surface area (Å²) in [6, 6.07) is 8.66. The van der Waals surface area contributed by atoms with Gasteiger partial charge < -0.3 is 9.32 Å². The third-order valence-corrected chi connectivity index (χ3v) is 4.70. The van der Waals surface area contributed by atoms with Gasteiger partial charge in [-0.3, -0.25) is 4.79 Å². The fourth-order valence-corrected chi connectivity index (χ4v) is 2.93. The van der Waals surface area contributed by atoms with Crippen LogP contribution in [0.3, 0.4) is 0 Å². The Bertz CT molecular complexity index is 699. The van der Waals surface area contributed by atoms with Gasteiger partial charge in [-0.1, -0.05) is 43.7 Å². The van der Waals surface area contributed by atoms with Gasteiger partial charge in [0.2, 0.25) is 5.91 Å². The number of aryl methyl sites for hydroxylation is 2. The highest BCUT2D eigenvalue weighted by atomic mass is 16.4. The zero-order valence-electron chi connectivity index (χ0n) is 15.5. The number of rotatable bonds is 8. The highest BCUT2D eigenvalue weighted by Gasteiger charge is 2.32. The molecule has 0 bridgehead atoms. The van der Waals surface area contributed by atoms with Crippen molar-refractivity contribution < 1.29 is 9.21 Å². The lowest BCUT2D eigenvalue weighted by Gasteiger charge is -2.23. The summed E-state index contributed by atoms with van der Waals surface area (Å²) < 4.78 is 5.83. The molecule has 3 rings (SSSR count). The van der Waals surface area contributed by atoms with Crippen LogP contribution in [0.2, 0.25) is 0 Å². The largest absolute Gasteiger partial charge is 0.441 e. The molecule has 1 saturated carbocycles. The molecule has 0 aliphatic heterocycles. The first-order valence-corrected chi connectivity index (χ1v) is 9.34. The van der Waals surface area contributed by atoms with Crippen molar-refractivity contribution in [2.45, 2.75) is 58.9 Å². The smallest absolute Gasteiger partial charge is 0.223 e. The normalized spacial score (nSPS) is 14.1. The van der Waals surface area contributed by atoms with E-state index in [1.54, 1.807) is 6.20 Å². The van der Waals surface area contributed by atoms with E-state index in [0.29, 0.717) is 30.7 Å². The molecule has 25 heavy (non-hydrogen) atoms. The summed E-state index contributed by atoms with van der Waals surface area (Å²) in [7, 11) is 0. The number of carbonyl (C=O) groups excluding carboxylic acids is 1. The van der Waals surface area contributed by atoms with Crippen molar-refractivity contribution in [3.63, 3.8) is 0 Å². The molecule has 1 heterocycles. The van der Waals surface area contributed by atoms with E-state index in [4.69, 9.17) is 4.42 Å². The Morgan fingerprint density at radius 1 is 1.28 bits per heavy atom. The van der Waals surface area contributed by atoms with Gasteiger partial charge in [-0.2, -0.15) is 0 Å². The lowest BCUT2D eigenvalue weighted by atomic mass is 10.1. The fraction of sp³-hybridized carbons (Fsp3) is 0.524. The van der Waals surface area contributed by atoms with Gasteiger partial charge in [-0.05, 0) is 32.1 Å². The molecule has 0 unspecified atom stereocenters. The summed E-state index contributed by atoms with van der Waals surface area (Å²) >= 11 is 0. The third kappa shape index (κ3) is 4.94. The van der Waals surface area contributed by atoms with Crippen LogP contribution in [0.1, 0.15) is 51.0 Å². The molecule has 0 radical (unpaired) electrons. The van der Waals surface area contributed by atoms with Crippen LogP contribution in [0.4, 0.5) is 0 Å². The Hall–Kier alpha value is -2.10. The Labute approximate surface area is 150 Å². The van der Waals surface area contributed by atoms with Gasteiger partial charge in [0.15, 0.2) is 11.7 Å². The van der Waals surface area contributed by atoms with Crippen LogP contribution in [0.5, 0.6) is 0 Å². The number of oxazole rings is 1. The van der Waals surface area contributed by atoms with Crippen molar-refractivity contribution >= 4 is 5.91 Å². The van der Waals surface area contributed by atoms with E-state index in [0.717, 1.165) is 37.1 Å². The van der Waals surface area contributed by atoms with Crippen LogP contribution in [-0.4, -0.2) is 28.4 Å². The molecule has 4 nitrogen and oxygen atoms in total. The van der Waals surface area contributed by atoms with Crippen LogP contribution < -0.4 is 0 Å². The summed E-state index contributed by atoms with van der Waals surface area (Å²) in [5.74, 6) is 2.26. The second-order valence-electron chi connectivity index (χ2n) is 7.49. The molecule has 4 heteroatoms. The van der Waals surface area contributed by atoms with Crippen molar-refractivity contribution in [2.75, 3.05) is 6.54 Å². The van der Waals surface area contributed by atoms with Crippen LogP contribution >= 0.6 is 0 Å². The molecule has 0 atom stereocenters. The molecule has 2 aromatic rings. The van der Waals surface area contributed by atoms with E-state index in [2.05, 4.69) is 42.8 Å². The zero-order chi connectivity index (χ0) is 17.8. The van der Waals surface area contributed by atoms with E-state index in [-0.39, 0.29) is 5.91 Å². The maximum Gasteiger partial charge on any atom is 0.223 e. The van der Waals surface area contributed by atoms with Gasteiger partial charge in [0.25, 0.3) is 0 Å². The molecule has 1 aliphatic carbocycles. The van der Waals surface area contributed by atoms with Gasteiger partial charge >= 0.3 is 0 Å². The molecule has 1 amide bonds. The minimum atomic E-state index is 0.234. The second kappa shape index (κ2) is 7.85. The number of benzene rings is 1. The molecule has 134 valence electrons. The highest BCUT2D eigenvalue weighted by Crippen LogP contribution is 2.28. The van der Waals surface area contributed by atoms with Crippen LogP contribution in [0.25, 0.3) is 11.3 Å². The summed E-state index contributed by atoms with van der Waals surface area (Å²) in [6.45, 7) is 7.34. The second-order valence-corrected chi connectivity index (χ2v) is 7.49. The summed E-state index contributed by atoms with van der Waals surface area (Å²) in [5, 5.41) is 0. The lowest BCUT2D eigenvalue weighted by Crippen LogP contribution is -2.34. The van der Waals surface area contributed by atoms with E-state index in [9.17, 15) is 4.79 Å². The predicted molar refractivity (Wildman–Crippen MR) is 99.2 cm³/mol. The Morgan fingerprint density at radius 2 is 2.00 bits per heavy atom. The first-order valence-electron chi connectivity index (χ1n) is 9.34. The van der Waals surface area contributed by atoms with Crippen LogP contribution in [0, 0.1) is 12.8 Å². The molecule has 1 aromatic carbocycles. The van der Waals surface area contributed by atoms with Gasteiger partial charge in [-0.25, -0.2) is 4.98 Å². The quantitative estimate of drug-likeness (QED) is 0.704. The molecule has 0 spiro atoms. The maximum absolute atomic E-state index is 12.6. The van der Waals surface area contributed by atoms with Gasteiger partial charge in [0.1, 0.15) is 0 Å². The predicted octanol–water partition coefficient (Wildman–Crippen LogP) is 4.62. The Kier molecular flexibility index (Phi) is 5.57. The molecule has 1 aromatic heterocycles. The number of amides is 1. The van der Waals surface area contributed by atoms with Crippen molar-refractivity contribution in [3.05, 3.63) is 41.9 Å². The van der Waals surface area contributed by atoms with Gasteiger partial charge in [0, 0.05) is 31.0 Å². The number of carbonyl (C=O) groups is 1. The Balaban J connectivity index is 1.55. The minimum Gasteiger partial charge on any atom is -0.441 e. The summed E-state index contributed by atoms with van der Waals surface area (Å²) in [4.78, 5) is 19.0. The van der Waals surface area contributed by atoms with Gasteiger partial charge in [-0.15, -0.1) is 0 Å². The lowest BCUT2D eigenvalue weighted by molar-refractivity contribution is -0.132. The first kappa shape index (κ1) is 17.7. The number of hydrogen-bond acceptors (Lipinski definition) is 3.